The van der Waals surface area contributed by atoms with Gasteiger partial charge in [-0.05, 0) is 37.0 Å². The number of hydrogen-bond donors (Lipinski definition) is 10. The van der Waals surface area contributed by atoms with Gasteiger partial charge in [-0.25, -0.2) is 4.79 Å². The Bertz CT molecular complexity index is 1120. The first-order chi connectivity index (χ1) is 19.2. The van der Waals surface area contributed by atoms with Crippen LogP contribution in [-0.2, 0) is 35.2 Å². The minimum atomic E-state index is -1.85. The fraction of sp³-hybridized carbons (Fsp3) is 0.458. The number of hydrogen-bond acceptors (Lipinski definition) is 9. The monoisotopic (exact) mass is 581 g/mol. The van der Waals surface area contributed by atoms with Crippen molar-refractivity contribution < 1.29 is 49.2 Å². The van der Waals surface area contributed by atoms with Gasteiger partial charge in [-0.1, -0.05) is 12.1 Å². The van der Waals surface area contributed by atoms with Crippen LogP contribution in [0.5, 0.6) is 5.75 Å². The van der Waals surface area contributed by atoms with E-state index in [2.05, 4.69) is 15.6 Å². The predicted octanol–water partition coefficient (Wildman–Crippen LogP) is -2.81. The average molecular weight is 582 g/mol. The van der Waals surface area contributed by atoms with Crippen LogP contribution in [0.25, 0.3) is 0 Å². The minimum absolute atomic E-state index is 0.0543. The number of carbonyl (C=O) groups is 6. The second-order valence-corrected chi connectivity index (χ2v) is 8.98. The van der Waals surface area contributed by atoms with Gasteiger partial charge < -0.3 is 53.6 Å². The normalized spacial score (nSPS) is 13.5. The Morgan fingerprint density at radius 1 is 0.780 bits per heavy atom. The first-order valence-corrected chi connectivity index (χ1v) is 12.4. The summed E-state index contributed by atoms with van der Waals surface area (Å²) in [4.78, 5) is 76.1. The molecule has 0 spiro atoms. The number of guanidine groups is 1. The van der Waals surface area contributed by atoms with Crippen molar-refractivity contribution in [2.45, 2.75) is 62.7 Å². The lowest BCUT2D eigenvalue weighted by atomic mass is 10.0. The molecular formula is C24H35N7O10. The van der Waals surface area contributed by atoms with E-state index in [1.807, 2.05) is 5.32 Å². The van der Waals surface area contributed by atoms with E-state index in [0.717, 1.165) is 0 Å². The number of nitrogens with two attached hydrogens (primary N) is 3. The number of nitrogens with one attached hydrogen (secondary N) is 3. The van der Waals surface area contributed by atoms with Gasteiger partial charge in [-0.2, -0.15) is 0 Å². The number of amides is 3. The van der Waals surface area contributed by atoms with Crippen LogP contribution in [-0.4, -0.2) is 92.7 Å². The van der Waals surface area contributed by atoms with Gasteiger partial charge in [0.05, 0.1) is 12.5 Å². The Morgan fingerprint density at radius 3 is 1.88 bits per heavy atom. The van der Waals surface area contributed by atoms with Crippen LogP contribution in [0.1, 0.15) is 37.7 Å². The minimum Gasteiger partial charge on any atom is -0.508 e. The van der Waals surface area contributed by atoms with E-state index >= 15 is 0 Å². The summed E-state index contributed by atoms with van der Waals surface area (Å²) in [6.07, 6.45) is -1.69. The van der Waals surface area contributed by atoms with Gasteiger partial charge in [-0.3, -0.25) is 29.0 Å². The summed E-state index contributed by atoms with van der Waals surface area (Å²) in [5.74, 6) is -7.49. The van der Waals surface area contributed by atoms with Gasteiger partial charge in [0.1, 0.15) is 23.9 Å². The highest BCUT2D eigenvalue weighted by molar-refractivity contribution is 5.95. The molecule has 0 fully saturated rings. The molecule has 0 bridgehead atoms. The SMILES string of the molecule is NC(N)=NCCCC(N)C(=O)NC(Cc1ccc(O)cc1)C(=O)NC(CCC(=O)O)C(=O)NC(CC(=O)O)C(=O)O. The molecule has 0 saturated carbocycles. The molecule has 0 heterocycles. The Kier molecular flexibility index (Phi) is 14.1. The van der Waals surface area contributed by atoms with E-state index in [9.17, 15) is 39.0 Å². The molecule has 0 aromatic heterocycles. The van der Waals surface area contributed by atoms with Crippen molar-refractivity contribution in [3.05, 3.63) is 29.8 Å². The molecule has 1 rings (SSSR count). The number of benzene rings is 1. The molecular weight excluding hydrogens is 546 g/mol. The van der Waals surface area contributed by atoms with Crippen molar-refractivity contribution >= 4 is 41.6 Å². The molecule has 4 atom stereocenters. The Balaban J connectivity index is 3.14. The number of nitrogens with zero attached hydrogens (tertiary/aromatic N) is 1. The van der Waals surface area contributed by atoms with Crippen LogP contribution in [0, 0.1) is 0 Å². The molecule has 1 aromatic rings. The third-order valence-corrected chi connectivity index (χ3v) is 5.59. The summed E-state index contributed by atoms with van der Waals surface area (Å²) < 4.78 is 0. The summed E-state index contributed by atoms with van der Waals surface area (Å²) in [5.41, 5.74) is 16.9. The molecule has 17 nitrogen and oxygen atoms in total. The van der Waals surface area contributed by atoms with Crippen LogP contribution in [0.2, 0.25) is 0 Å². The second kappa shape index (κ2) is 16.9. The second-order valence-electron chi connectivity index (χ2n) is 8.98. The summed E-state index contributed by atoms with van der Waals surface area (Å²) in [7, 11) is 0. The van der Waals surface area contributed by atoms with Crippen molar-refractivity contribution in [3.8, 4) is 5.75 Å². The summed E-state index contributed by atoms with van der Waals surface area (Å²) in [5, 5.41) is 43.5. The zero-order valence-corrected chi connectivity index (χ0v) is 22.0. The maximum Gasteiger partial charge on any atom is 0.326 e. The molecule has 0 aliphatic rings. The van der Waals surface area contributed by atoms with Gasteiger partial charge in [0.25, 0.3) is 0 Å². The molecule has 13 N–H and O–H groups in total. The van der Waals surface area contributed by atoms with E-state index in [1.54, 1.807) is 0 Å². The maximum absolute atomic E-state index is 13.3. The number of carboxylic acid groups (broad SMARTS) is 3. The van der Waals surface area contributed by atoms with E-state index in [0.29, 0.717) is 12.0 Å². The van der Waals surface area contributed by atoms with E-state index in [-0.39, 0.29) is 31.1 Å². The predicted molar refractivity (Wildman–Crippen MR) is 142 cm³/mol. The third-order valence-electron chi connectivity index (χ3n) is 5.59. The smallest absolute Gasteiger partial charge is 0.326 e. The number of phenolic OH excluding ortho intramolecular Hbond substituents is 1. The molecule has 0 aliphatic carbocycles. The van der Waals surface area contributed by atoms with Gasteiger partial charge >= 0.3 is 17.9 Å². The van der Waals surface area contributed by atoms with Gasteiger partial charge in [-0.15, -0.1) is 0 Å². The average Bonchev–Trinajstić information content (AvgIpc) is 2.88. The fourth-order valence-corrected chi connectivity index (χ4v) is 3.46. The van der Waals surface area contributed by atoms with E-state index in [1.165, 1.54) is 24.3 Å². The summed E-state index contributed by atoms with van der Waals surface area (Å²) >= 11 is 0. The molecule has 0 saturated heterocycles. The molecule has 0 radical (unpaired) electrons. The molecule has 0 aliphatic heterocycles. The lowest BCUT2D eigenvalue weighted by Gasteiger charge is -2.25. The highest BCUT2D eigenvalue weighted by Gasteiger charge is 2.31. The van der Waals surface area contributed by atoms with Crippen molar-refractivity contribution in [1.29, 1.82) is 0 Å². The number of carbonyl (C=O) groups excluding carboxylic acids is 3. The molecule has 226 valence electrons. The molecule has 3 amide bonds. The number of aromatic hydroxyl groups is 1. The standard InChI is InChI=1S/C24H35N7O10/c25-14(2-1-9-28-24(26)27)20(37)30-16(10-12-3-5-13(32)6-4-12)22(39)29-15(7-8-18(33)34)21(38)31-17(23(40)41)11-19(35)36/h3-6,14-17,32H,1-2,7-11,25H2,(H,29,39)(H,30,37)(H,31,38)(H,33,34)(H,35,36)(H,40,41)(H4,26,27,28). The lowest BCUT2D eigenvalue weighted by Crippen LogP contribution is -2.57. The molecule has 4 unspecified atom stereocenters. The Labute approximate surface area is 234 Å². The van der Waals surface area contributed by atoms with Gasteiger partial charge in [0, 0.05) is 19.4 Å². The molecule has 41 heavy (non-hydrogen) atoms. The fourth-order valence-electron chi connectivity index (χ4n) is 3.46. The summed E-state index contributed by atoms with van der Waals surface area (Å²) in [6.45, 7) is 0.209. The lowest BCUT2D eigenvalue weighted by molar-refractivity contribution is -0.147. The van der Waals surface area contributed by atoms with Crippen LogP contribution < -0.4 is 33.2 Å². The first kappa shape index (κ1) is 34.1. The number of phenols is 1. The van der Waals surface area contributed by atoms with Crippen LogP contribution in [0.4, 0.5) is 0 Å². The highest BCUT2D eigenvalue weighted by Crippen LogP contribution is 2.12. The largest absolute Gasteiger partial charge is 0.508 e. The van der Waals surface area contributed by atoms with Gasteiger partial charge in [0.15, 0.2) is 5.96 Å². The number of aliphatic imine (C=N–C) groups is 1. The Hall–Kier alpha value is -4.93. The number of carboxylic acids is 3. The van der Waals surface area contributed by atoms with E-state index in [4.69, 9.17) is 27.4 Å². The molecule has 17 heteroatoms. The Morgan fingerprint density at radius 2 is 1.34 bits per heavy atom. The maximum atomic E-state index is 13.3. The zero-order valence-electron chi connectivity index (χ0n) is 22.0. The third kappa shape index (κ3) is 13.6. The zero-order chi connectivity index (χ0) is 31.1. The van der Waals surface area contributed by atoms with E-state index < -0.39 is 79.1 Å². The van der Waals surface area contributed by atoms with Gasteiger partial charge in [0.2, 0.25) is 17.7 Å². The first-order valence-electron chi connectivity index (χ1n) is 12.4. The van der Waals surface area contributed by atoms with Crippen molar-refractivity contribution in [2.75, 3.05) is 6.54 Å². The topological polar surface area (TPSA) is 310 Å². The van der Waals surface area contributed by atoms with Crippen LogP contribution in [0.3, 0.4) is 0 Å². The highest BCUT2D eigenvalue weighted by atomic mass is 16.4. The van der Waals surface area contributed by atoms with Crippen molar-refractivity contribution in [2.24, 2.45) is 22.2 Å². The van der Waals surface area contributed by atoms with Crippen molar-refractivity contribution in [3.63, 3.8) is 0 Å². The number of aliphatic carboxylic acids is 3. The number of rotatable bonds is 18. The van der Waals surface area contributed by atoms with Crippen molar-refractivity contribution in [1.82, 2.24) is 16.0 Å². The molecule has 1 aromatic carbocycles. The van der Waals surface area contributed by atoms with Crippen LogP contribution >= 0.6 is 0 Å². The summed E-state index contributed by atoms with van der Waals surface area (Å²) in [6, 6.07) is -0.208. The van der Waals surface area contributed by atoms with Crippen LogP contribution in [0.15, 0.2) is 29.3 Å². The quantitative estimate of drug-likeness (QED) is 0.0476.